The lowest BCUT2D eigenvalue weighted by molar-refractivity contribution is 0.0366. The lowest BCUT2D eigenvalue weighted by Crippen LogP contribution is -2.52. The third-order valence-electron chi connectivity index (χ3n) is 7.76. The van der Waals surface area contributed by atoms with Crippen LogP contribution in [0.5, 0.6) is 5.75 Å². The average Bonchev–Trinajstić information content (AvgIpc) is 2.96. The van der Waals surface area contributed by atoms with E-state index in [1.54, 1.807) is 35.9 Å². The van der Waals surface area contributed by atoms with Crippen molar-refractivity contribution in [1.82, 2.24) is 15.1 Å². The Morgan fingerprint density at radius 3 is 2.44 bits per heavy atom. The van der Waals surface area contributed by atoms with Gasteiger partial charge in [-0.2, -0.15) is 0 Å². The quantitative estimate of drug-likeness (QED) is 0.386. The number of likely N-dealkylation sites (N-methyl/N-ethyl adjacent to an activating group) is 1. The molecule has 1 aliphatic heterocycles. The number of rotatable bonds is 7. The number of carbonyl (C=O) groups is 3. The number of fused-ring (bicyclic) bond motifs is 1. The van der Waals surface area contributed by atoms with Crippen LogP contribution in [0.25, 0.3) is 0 Å². The van der Waals surface area contributed by atoms with Crippen LogP contribution in [0.1, 0.15) is 56.3 Å². The Bertz CT molecular complexity index is 1220. The third kappa shape index (κ3) is 7.87. The second-order valence-electron chi connectivity index (χ2n) is 11.1. The van der Waals surface area contributed by atoms with Gasteiger partial charge in [0, 0.05) is 36.9 Å². The molecule has 0 spiro atoms. The summed E-state index contributed by atoms with van der Waals surface area (Å²) in [5.41, 5.74) is 0.994. The number of hydrogen-bond donors (Lipinski definition) is 4. The van der Waals surface area contributed by atoms with Crippen molar-refractivity contribution in [3.05, 3.63) is 53.8 Å². The smallest absolute Gasteiger partial charge is 0.323 e. The lowest BCUT2D eigenvalue weighted by Gasteiger charge is -2.38. The van der Waals surface area contributed by atoms with E-state index in [1.807, 2.05) is 6.92 Å². The molecular weight excluding hydrogens is 529 g/mol. The highest BCUT2D eigenvalue weighted by molar-refractivity contribution is 6.02. The van der Waals surface area contributed by atoms with Gasteiger partial charge in [0.2, 0.25) is 0 Å². The minimum Gasteiger partial charge on any atom is -0.487 e. The van der Waals surface area contributed by atoms with Crippen LogP contribution in [0.2, 0.25) is 0 Å². The molecule has 41 heavy (non-hydrogen) atoms. The number of halogens is 1. The van der Waals surface area contributed by atoms with Crippen LogP contribution < -0.4 is 20.7 Å². The van der Waals surface area contributed by atoms with Gasteiger partial charge in [-0.05, 0) is 62.2 Å². The van der Waals surface area contributed by atoms with E-state index in [2.05, 4.69) is 16.0 Å². The number of nitrogens with one attached hydrogen (secondary N) is 3. The van der Waals surface area contributed by atoms with E-state index in [1.165, 1.54) is 36.8 Å². The van der Waals surface area contributed by atoms with E-state index in [9.17, 15) is 23.9 Å². The average molecular weight is 570 g/mol. The summed E-state index contributed by atoms with van der Waals surface area (Å²) in [6.45, 7) is 4.12. The fourth-order valence-electron chi connectivity index (χ4n) is 5.23. The fraction of sp³-hybridized carbons (Fsp3) is 0.500. The fourth-order valence-corrected chi connectivity index (χ4v) is 5.23. The van der Waals surface area contributed by atoms with Crippen molar-refractivity contribution in [2.45, 2.75) is 64.1 Å². The molecule has 2 aromatic carbocycles. The molecule has 222 valence electrons. The monoisotopic (exact) mass is 569 g/mol. The van der Waals surface area contributed by atoms with Crippen LogP contribution >= 0.6 is 0 Å². The molecule has 1 aliphatic carbocycles. The molecule has 0 radical (unpaired) electrons. The van der Waals surface area contributed by atoms with Gasteiger partial charge in [-0.1, -0.05) is 26.2 Å². The minimum absolute atomic E-state index is 0.148. The molecule has 1 fully saturated rings. The molecular formula is C30H40FN5O5. The van der Waals surface area contributed by atoms with Crippen LogP contribution in [-0.2, 0) is 0 Å². The predicted molar refractivity (Wildman–Crippen MR) is 155 cm³/mol. The van der Waals surface area contributed by atoms with E-state index in [4.69, 9.17) is 4.74 Å². The summed E-state index contributed by atoms with van der Waals surface area (Å²) >= 11 is 0. The molecule has 1 saturated carbocycles. The molecule has 0 aromatic heterocycles. The summed E-state index contributed by atoms with van der Waals surface area (Å²) in [5, 5.41) is 18.3. The summed E-state index contributed by atoms with van der Waals surface area (Å²) in [6, 6.07) is 9.14. The van der Waals surface area contributed by atoms with Crippen LogP contribution in [0, 0.1) is 11.7 Å². The molecule has 10 nitrogen and oxygen atoms in total. The molecule has 1 heterocycles. The highest BCUT2D eigenvalue weighted by Gasteiger charge is 2.34. The number of hydrogen-bond acceptors (Lipinski definition) is 5. The maximum atomic E-state index is 13.7. The topological polar surface area (TPSA) is 123 Å². The van der Waals surface area contributed by atoms with Gasteiger partial charge in [0.15, 0.2) is 0 Å². The number of aliphatic hydroxyl groups excluding tert-OH is 1. The van der Waals surface area contributed by atoms with Gasteiger partial charge in [0.05, 0.1) is 24.8 Å². The Morgan fingerprint density at radius 2 is 1.76 bits per heavy atom. The Hall–Kier alpha value is -3.86. The van der Waals surface area contributed by atoms with Crippen molar-refractivity contribution in [1.29, 1.82) is 0 Å². The van der Waals surface area contributed by atoms with Crippen molar-refractivity contribution < 1.29 is 28.6 Å². The first-order valence-electron chi connectivity index (χ1n) is 14.2. The zero-order valence-electron chi connectivity index (χ0n) is 23.9. The summed E-state index contributed by atoms with van der Waals surface area (Å²) in [5.74, 6) is -0.572. The van der Waals surface area contributed by atoms with E-state index < -0.39 is 24.0 Å². The number of ether oxygens (including phenoxy) is 1. The van der Waals surface area contributed by atoms with Gasteiger partial charge in [-0.25, -0.2) is 14.0 Å². The van der Waals surface area contributed by atoms with Crippen LogP contribution in [-0.4, -0.2) is 77.8 Å². The molecule has 4 rings (SSSR count). The second kappa shape index (κ2) is 13.7. The van der Waals surface area contributed by atoms with Gasteiger partial charge in [-0.15, -0.1) is 0 Å². The normalized spacial score (nSPS) is 20.1. The van der Waals surface area contributed by atoms with Crippen LogP contribution in [0.15, 0.2) is 42.5 Å². The van der Waals surface area contributed by atoms with Crippen LogP contribution in [0.4, 0.5) is 25.4 Å². The molecule has 2 aromatic rings. The standard InChI is InChI=1S/C30H40FN5O5/c1-19-16-36(20(2)18-37)28(38)25-15-24(33-29(39)32-23-11-9-21(31)10-12-23)13-14-26(25)41-27(19)17-35(3)30(40)34-22-7-5-4-6-8-22/h9-15,19-20,22,27,37H,4-8,16-18H2,1-3H3,(H,34,40)(H2,32,33,39)/t19-,20-,27+/m1/s1. The van der Waals surface area contributed by atoms with E-state index in [0.717, 1.165) is 25.7 Å². The molecule has 0 bridgehead atoms. The first-order chi connectivity index (χ1) is 19.6. The Balaban J connectivity index is 1.52. The molecule has 0 saturated heterocycles. The summed E-state index contributed by atoms with van der Waals surface area (Å²) in [7, 11) is 1.74. The predicted octanol–water partition coefficient (Wildman–Crippen LogP) is 4.66. The molecule has 3 atom stereocenters. The Labute approximate surface area is 240 Å². The first kappa shape index (κ1) is 30.1. The number of aliphatic hydroxyl groups is 1. The number of urea groups is 2. The minimum atomic E-state index is -0.562. The van der Waals surface area contributed by atoms with Crippen molar-refractivity contribution in [3.8, 4) is 5.75 Å². The van der Waals surface area contributed by atoms with Crippen LogP contribution in [0.3, 0.4) is 0 Å². The molecule has 0 unspecified atom stereocenters. The number of carbonyl (C=O) groups excluding carboxylic acids is 3. The number of amides is 5. The summed E-state index contributed by atoms with van der Waals surface area (Å²) in [4.78, 5) is 42.4. The Kier molecular flexibility index (Phi) is 10.0. The van der Waals surface area contributed by atoms with Crippen molar-refractivity contribution >= 4 is 29.3 Å². The highest BCUT2D eigenvalue weighted by Crippen LogP contribution is 2.31. The summed E-state index contributed by atoms with van der Waals surface area (Å²) in [6.07, 6.45) is 4.97. The van der Waals surface area contributed by atoms with E-state index in [-0.39, 0.29) is 36.1 Å². The van der Waals surface area contributed by atoms with Gasteiger partial charge in [0.25, 0.3) is 5.91 Å². The lowest BCUT2D eigenvalue weighted by atomic mass is 9.96. The van der Waals surface area contributed by atoms with Crippen molar-refractivity contribution in [2.24, 2.45) is 5.92 Å². The molecule has 2 aliphatic rings. The maximum absolute atomic E-state index is 13.7. The van der Waals surface area contributed by atoms with Crippen molar-refractivity contribution in [3.63, 3.8) is 0 Å². The van der Waals surface area contributed by atoms with Gasteiger partial charge >= 0.3 is 12.1 Å². The van der Waals surface area contributed by atoms with E-state index >= 15 is 0 Å². The van der Waals surface area contributed by atoms with Gasteiger partial charge < -0.3 is 35.6 Å². The third-order valence-corrected chi connectivity index (χ3v) is 7.76. The Morgan fingerprint density at radius 1 is 1.10 bits per heavy atom. The first-order valence-corrected chi connectivity index (χ1v) is 14.2. The van der Waals surface area contributed by atoms with E-state index in [0.29, 0.717) is 30.2 Å². The second-order valence-corrected chi connectivity index (χ2v) is 11.1. The summed E-state index contributed by atoms with van der Waals surface area (Å²) < 4.78 is 19.5. The van der Waals surface area contributed by atoms with Crippen molar-refractivity contribution in [2.75, 3.05) is 37.4 Å². The molecule has 11 heteroatoms. The highest BCUT2D eigenvalue weighted by atomic mass is 19.1. The zero-order chi connectivity index (χ0) is 29.5. The largest absolute Gasteiger partial charge is 0.487 e. The maximum Gasteiger partial charge on any atom is 0.323 e. The molecule has 4 N–H and O–H groups in total. The number of benzene rings is 2. The zero-order valence-corrected chi connectivity index (χ0v) is 23.9. The van der Waals surface area contributed by atoms with Gasteiger partial charge in [-0.3, -0.25) is 4.79 Å². The van der Waals surface area contributed by atoms with Gasteiger partial charge in [0.1, 0.15) is 17.7 Å². The number of anilines is 2. The molecule has 5 amide bonds. The number of nitrogens with zero attached hydrogens (tertiary/aromatic N) is 2. The SMILES string of the molecule is C[C@@H]1CN([C@H](C)CO)C(=O)c2cc(NC(=O)Nc3ccc(F)cc3)ccc2O[C@H]1CN(C)C(=O)NC1CCCCC1.